The minimum absolute atomic E-state index is 0.365. The van der Waals surface area contributed by atoms with E-state index in [0.29, 0.717) is 27.3 Å². The Kier molecular flexibility index (Phi) is 3.12. The van der Waals surface area contributed by atoms with Gasteiger partial charge in [0.1, 0.15) is 0 Å². The van der Waals surface area contributed by atoms with Crippen LogP contribution in [0.3, 0.4) is 0 Å². The van der Waals surface area contributed by atoms with Gasteiger partial charge in [-0.15, -0.1) is 0 Å². The van der Waals surface area contributed by atoms with Gasteiger partial charge in [-0.05, 0) is 23.3 Å². The van der Waals surface area contributed by atoms with E-state index in [1.54, 1.807) is 36.4 Å². The summed E-state index contributed by atoms with van der Waals surface area (Å²) in [5, 5.41) is 2.86. The topological polar surface area (TPSA) is 46.2 Å². The monoisotopic (exact) mass is 283 g/mol. The Morgan fingerprint density at radius 1 is 0.750 bits per heavy atom. The number of nitrogens with one attached hydrogen (secondary N) is 1. The quantitative estimate of drug-likeness (QED) is 0.862. The van der Waals surface area contributed by atoms with E-state index in [1.807, 2.05) is 18.2 Å². The lowest BCUT2D eigenvalue weighted by atomic mass is 9.96. The van der Waals surface area contributed by atoms with Crippen LogP contribution in [0.5, 0.6) is 0 Å². The van der Waals surface area contributed by atoms with Gasteiger partial charge in [-0.1, -0.05) is 54.1 Å². The zero-order valence-electron chi connectivity index (χ0n) is 10.4. The molecule has 4 heteroatoms. The molecule has 0 saturated carbocycles. The standard InChI is InChI=1S/C16H10ClNO2/c17-12-8-4-7-11(9-12)14-13(15(19)18-16(14)20)10-5-2-1-3-6-10/h1-9H,(H,18,19,20). The number of amides is 2. The van der Waals surface area contributed by atoms with Crippen molar-refractivity contribution in [3.05, 3.63) is 70.7 Å². The van der Waals surface area contributed by atoms with Gasteiger partial charge in [0.2, 0.25) is 0 Å². The van der Waals surface area contributed by atoms with Crippen LogP contribution in [-0.4, -0.2) is 11.8 Å². The molecule has 1 aliphatic heterocycles. The Hall–Kier alpha value is -2.39. The molecule has 0 unspecified atom stereocenters. The zero-order chi connectivity index (χ0) is 14.1. The summed E-state index contributed by atoms with van der Waals surface area (Å²) < 4.78 is 0. The molecule has 3 rings (SSSR count). The molecule has 3 nitrogen and oxygen atoms in total. The van der Waals surface area contributed by atoms with Crippen molar-refractivity contribution < 1.29 is 9.59 Å². The molecule has 1 aliphatic rings. The number of rotatable bonds is 2. The molecule has 2 aromatic rings. The molecule has 0 spiro atoms. The first-order valence-electron chi connectivity index (χ1n) is 6.08. The smallest absolute Gasteiger partial charge is 0.259 e. The minimum Gasteiger partial charge on any atom is -0.288 e. The summed E-state index contributed by atoms with van der Waals surface area (Å²) >= 11 is 5.96. The first-order chi connectivity index (χ1) is 9.66. The summed E-state index contributed by atoms with van der Waals surface area (Å²) in [7, 11) is 0. The van der Waals surface area contributed by atoms with Gasteiger partial charge in [-0.3, -0.25) is 14.9 Å². The number of carbonyl (C=O) groups is 2. The lowest BCUT2D eigenvalue weighted by Gasteiger charge is -2.04. The lowest BCUT2D eigenvalue weighted by molar-refractivity contribution is -0.122. The molecule has 0 atom stereocenters. The van der Waals surface area contributed by atoms with Gasteiger partial charge < -0.3 is 0 Å². The normalized spacial score (nSPS) is 14.7. The van der Waals surface area contributed by atoms with Crippen molar-refractivity contribution in [2.24, 2.45) is 0 Å². The van der Waals surface area contributed by atoms with E-state index in [0.717, 1.165) is 0 Å². The van der Waals surface area contributed by atoms with Crippen LogP contribution >= 0.6 is 11.6 Å². The van der Waals surface area contributed by atoms with Crippen LogP contribution in [0.1, 0.15) is 11.1 Å². The average Bonchev–Trinajstić information content (AvgIpc) is 2.74. The summed E-state index contributed by atoms with van der Waals surface area (Å²) in [6.07, 6.45) is 0. The number of benzene rings is 2. The van der Waals surface area contributed by atoms with Gasteiger partial charge in [0.15, 0.2) is 0 Å². The van der Waals surface area contributed by atoms with Crippen molar-refractivity contribution in [3.63, 3.8) is 0 Å². The first-order valence-corrected chi connectivity index (χ1v) is 6.46. The molecule has 0 bridgehead atoms. The SMILES string of the molecule is O=C1NC(=O)C(c2cccc(Cl)c2)=C1c1ccccc1. The molecule has 0 saturated heterocycles. The molecule has 1 heterocycles. The number of imide groups is 1. The molecule has 2 amide bonds. The number of halogens is 1. The summed E-state index contributed by atoms with van der Waals surface area (Å²) in [6.45, 7) is 0. The van der Waals surface area contributed by atoms with Crippen LogP contribution in [0, 0.1) is 0 Å². The zero-order valence-corrected chi connectivity index (χ0v) is 11.1. The Bertz CT molecular complexity index is 735. The fourth-order valence-corrected chi connectivity index (χ4v) is 2.45. The lowest BCUT2D eigenvalue weighted by Crippen LogP contribution is -2.22. The van der Waals surface area contributed by atoms with Crippen molar-refractivity contribution >= 4 is 34.6 Å². The van der Waals surface area contributed by atoms with Crippen LogP contribution in [0.2, 0.25) is 5.02 Å². The molecule has 98 valence electrons. The van der Waals surface area contributed by atoms with E-state index in [1.165, 1.54) is 0 Å². The third-order valence-electron chi connectivity index (χ3n) is 3.11. The molecule has 0 aliphatic carbocycles. The Balaban J connectivity index is 2.24. The van der Waals surface area contributed by atoms with Gasteiger partial charge in [0, 0.05) is 5.02 Å². The molecular formula is C16H10ClNO2. The van der Waals surface area contributed by atoms with Crippen molar-refractivity contribution in [1.82, 2.24) is 5.32 Å². The molecule has 0 fully saturated rings. The Morgan fingerprint density at radius 3 is 2.00 bits per heavy atom. The summed E-state index contributed by atoms with van der Waals surface area (Å²) in [5.74, 6) is -0.771. The van der Waals surface area contributed by atoms with E-state index >= 15 is 0 Å². The van der Waals surface area contributed by atoms with Crippen LogP contribution in [0.4, 0.5) is 0 Å². The largest absolute Gasteiger partial charge is 0.288 e. The number of hydrogen-bond donors (Lipinski definition) is 1. The van der Waals surface area contributed by atoms with E-state index in [2.05, 4.69) is 5.32 Å². The summed E-state index contributed by atoms with van der Waals surface area (Å²) in [5.41, 5.74) is 2.10. The summed E-state index contributed by atoms with van der Waals surface area (Å²) in [6, 6.07) is 16.0. The summed E-state index contributed by atoms with van der Waals surface area (Å²) in [4.78, 5) is 24.1. The fraction of sp³-hybridized carbons (Fsp3) is 0. The van der Waals surface area contributed by atoms with E-state index < -0.39 is 5.91 Å². The van der Waals surface area contributed by atoms with Gasteiger partial charge in [0.05, 0.1) is 11.1 Å². The van der Waals surface area contributed by atoms with Crippen molar-refractivity contribution in [3.8, 4) is 0 Å². The predicted octanol–water partition coefficient (Wildman–Crippen LogP) is 2.91. The molecule has 1 N–H and O–H groups in total. The van der Waals surface area contributed by atoms with Gasteiger partial charge in [0.25, 0.3) is 11.8 Å². The third-order valence-corrected chi connectivity index (χ3v) is 3.34. The second-order valence-corrected chi connectivity index (χ2v) is 4.85. The van der Waals surface area contributed by atoms with Crippen LogP contribution in [0.25, 0.3) is 11.1 Å². The second kappa shape index (κ2) is 4.94. The van der Waals surface area contributed by atoms with E-state index in [-0.39, 0.29) is 5.91 Å². The van der Waals surface area contributed by atoms with E-state index in [4.69, 9.17) is 11.6 Å². The van der Waals surface area contributed by atoms with Gasteiger partial charge >= 0.3 is 0 Å². The maximum atomic E-state index is 12.0. The van der Waals surface area contributed by atoms with E-state index in [9.17, 15) is 9.59 Å². The highest BCUT2D eigenvalue weighted by Crippen LogP contribution is 2.31. The van der Waals surface area contributed by atoms with Gasteiger partial charge in [-0.2, -0.15) is 0 Å². The molecular weight excluding hydrogens is 274 g/mol. The first kappa shape index (κ1) is 12.6. The molecule has 2 aromatic carbocycles. The fourth-order valence-electron chi connectivity index (χ4n) is 2.25. The maximum absolute atomic E-state index is 12.0. The van der Waals surface area contributed by atoms with Crippen LogP contribution < -0.4 is 5.32 Å². The minimum atomic E-state index is -0.392. The van der Waals surface area contributed by atoms with Crippen molar-refractivity contribution in [1.29, 1.82) is 0 Å². The molecule has 20 heavy (non-hydrogen) atoms. The van der Waals surface area contributed by atoms with Crippen LogP contribution in [-0.2, 0) is 9.59 Å². The van der Waals surface area contributed by atoms with Crippen molar-refractivity contribution in [2.45, 2.75) is 0 Å². The van der Waals surface area contributed by atoms with Crippen LogP contribution in [0.15, 0.2) is 54.6 Å². The highest BCUT2D eigenvalue weighted by atomic mass is 35.5. The number of hydrogen-bond acceptors (Lipinski definition) is 2. The maximum Gasteiger partial charge on any atom is 0.259 e. The highest BCUT2D eigenvalue weighted by Gasteiger charge is 2.31. The Morgan fingerprint density at radius 2 is 1.35 bits per heavy atom. The highest BCUT2D eigenvalue weighted by molar-refractivity contribution is 6.49. The number of carbonyl (C=O) groups excluding carboxylic acids is 2. The predicted molar refractivity (Wildman–Crippen MR) is 77.9 cm³/mol. The molecule has 0 aromatic heterocycles. The molecule has 0 radical (unpaired) electrons. The third kappa shape index (κ3) is 2.12. The van der Waals surface area contributed by atoms with Crippen molar-refractivity contribution in [2.75, 3.05) is 0 Å². The second-order valence-electron chi connectivity index (χ2n) is 4.41. The van der Waals surface area contributed by atoms with Gasteiger partial charge in [-0.25, -0.2) is 0 Å². The average molecular weight is 284 g/mol. The Labute approximate surface area is 120 Å².